The van der Waals surface area contributed by atoms with Crippen molar-refractivity contribution in [3.8, 4) is 0 Å². The Balaban J connectivity index is 2.52. The topological polar surface area (TPSA) is 55.8 Å². The molecule has 1 aliphatic rings. The first-order chi connectivity index (χ1) is 7.69. The summed E-state index contributed by atoms with van der Waals surface area (Å²) < 4.78 is 0. The van der Waals surface area contributed by atoms with Crippen molar-refractivity contribution < 1.29 is 9.90 Å². The number of carboxylic acids is 1. The molecule has 0 radical (unpaired) electrons. The van der Waals surface area contributed by atoms with E-state index in [-0.39, 0.29) is 6.04 Å². The van der Waals surface area contributed by atoms with Crippen LogP contribution in [0.2, 0.25) is 0 Å². The Morgan fingerprint density at radius 3 is 2.38 bits per heavy atom. The average Bonchev–Trinajstić information content (AvgIpc) is 2.30. The summed E-state index contributed by atoms with van der Waals surface area (Å²) in [6, 6.07) is -0.368. The number of rotatable bonds is 6. The van der Waals surface area contributed by atoms with Crippen molar-refractivity contribution in [2.45, 2.75) is 19.9 Å². The molecule has 0 aromatic heterocycles. The summed E-state index contributed by atoms with van der Waals surface area (Å²) in [6.07, 6.45) is 0. The number of hydrogen-bond acceptors (Lipinski definition) is 4. The van der Waals surface area contributed by atoms with Crippen LogP contribution in [0.4, 0.5) is 0 Å². The Labute approximate surface area is 97.4 Å². The van der Waals surface area contributed by atoms with Gasteiger partial charge in [0.05, 0.1) is 0 Å². The van der Waals surface area contributed by atoms with Crippen LogP contribution in [0.1, 0.15) is 13.8 Å². The molecule has 5 heteroatoms. The smallest absolute Gasteiger partial charge is 0.322 e. The predicted octanol–water partition coefficient (Wildman–Crippen LogP) is -0.313. The molecule has 1 rings (SSSR count). The minimum Gasteiger partial charge on any atom is -0.480 e. The molecule has 1 fully saturated rings. The molecule has 0 spiro atoms. The van der Waals surface area contributed by atoms with Gasteiger partial charge in [0.25, 0.3) is 0 Å². The zero-order chi connectivity index (χ0) is 12.0. The second-order valence-electron chi connectivity index (χ2n) is 4.13. The Hall–Kier alpha value is -0.650. The van der Waals surface area contributed by atoms with Gasteiger partial charge < -0.3 is 10.4 Å². The SMILES string of the molecule is CCN(CC)C(CN1CCNCC1)C(=O)O. The first kappa shape index (κ1) is 13.4. The zero-order valence-corrected chi connectivity index (χ0v) is 10.3. The molecule has 1 atom stereocenters. The predicted molar refractivity (Wildman–Crippen MR) is 63.7 cm³/mol. The summed E-state index contributed by atoms with van der Waals surface area (Å²) in [6.45, 7) is 10.1. The van der Waals surface area contributed by atoms with E-state index in [2.05, 4.69) is 10.2 Å². The molecule has 0 aliphatic carbocycles. The van der Waals surface area contributed by atoms with Crippen LogP contribution in [0, 0.1) is 0 Å². The van der Waals surface area contributed by atoms with Crippen molar-refractivity contribution in [3.63, 3.8) is 0 Å². The molecule has 0 amide bonds. The van der Waals surface area contributed by atoms with E-state index in [0.717, 1.165) is 39.3 Å². The second-order valence-corrected chi connectivity index (χ2v) is 4.13. The van der Waals surface area contributed by atoms with Gasteiger partial charge >= 0.3 is 5.97 Å². The molecule has 94 valence electrons. The Morgan fingerprint density at radius 1 is 1.38 bits per heavy atom. The number of aliphatic carboxylic acids is 1. The Morgan fingerprint density at radius 2 is 1.94 bits per heavy atom. The highest BCUT2D eigenvalue weighted by Crippen LogP contribution is 2.04. The largest absolute Gasteiger partial charge is 0.480 e. The van der Waals surface area contributed by atoms with Crippen molar-refractivity contribution in [2.75, 3.05) is 45.8 Å². The molecule has 5 nitrogen and oxygen atoms in total. The van der Waals surface area contributed by atoms with E-state index in [1.165, 1.54) is 0 Å². The lowest BCUT2D eigenvalue weighted by Gasteiger charge is -2.33. The number of hydrogen-bond donors (Lipinski definition) is 2. The van der Waals surface area contributed by atoms with Crippen LogP contribution in [-0.2, 0) is 4.79 Å². The standard InChI is InChI=1S/C11H23N3O2/c1-3-14(4-2)10(11(15)16)9-13-7-5-12-6-8-13/h10,12H,3-9H2,1-2H3,(H,15,16). The Kier molecular flexibility index (Phi) is 5.73. The second kappa shape index (κ2) is 6.83. The van der Waals surface area contributed by atoms with Crippen molar-refractivity contribution in [1.82, 2.24) is 15.1 Å². The van der Waals surface area contributed by atoms with Crippen molar-refractivity contribution >= 4 is 5.97 Å². The molecule has 1 saturated heterocycles. The third-order valence-corrected chi connectivity index (χ3v) is 3.18. The highest BCUT2D eigenvalue weighted by atomic mass is 16.4. The fraction of sp³-hybridized carbons (Fsp3) is 0.909. The van der Waals surface area contributed by atoms with Gasteiger partial charge in [-0.05, 0) is 13.1 Å². The molecule has 0 aromatic carbocycles. The van der Waals surface area contributed by atoms with E-state index < -0.39 is 5.97 Å². The fourth-order valence-electron chi connectivity index (χ4n) is 2.15. The average molecular weight is 229 g/mol. The van der Waals surface area contributed by atoms with Gasteiger partial charge in [-0.1, -0.05) is 13.8 Å². The third kappa shape index (κ3) is 3.73. The van der Waals surface area contributed by atoms with Gasteiger partial charge in [-0.2, -0.15) is 0 Å². The lowest BCUT2D eigenvalue weighted by Crippen LogP contribution is -2.52. The number of nitrogens with zero attached hydrogens (tertiary/aromatic N) is 2. The number of likely N-dealkylation sites (N-methyl/N-ethyl adjacent to an activating group) is 1. The van der Waals surface area contributed by atoms with Crippen molar-refractivity contribution in [2.24, 2.45) is 0 Å². The summed E-state index contributed by atoms with van der Waals surface area (Å²) in [5.41, 5.74) is 0. The van der Waals surface area contributed by atoms with E-state index >= 15 is 0 Å². The molecule has 0 saturated carbocycles. The van der Waals surface area contributed by atoms with Gasteiger partial charge in [0.1, 0.15) is 6.04 Å². The van der Waals surface area contributed by atoms with Crippen molar-refractivity contribution in [3.05, 3.63) is 0 Å². The number of piperazine rings is 1. The summed E-state index contributed by atoms with van der Waals surface area (Å²) in [7, 11) is 0. The summed E-state index contributed by atoms with van der Waals surface area (Å²) in [4.78, 5) is 15.5. The zero-order valence-electron chi connectivity index (χ0n) is 10.3. The first-order valence-corrected chi connectivity index (χ1v) is 6.09. The molecule has 1 heterocycles. The van der Waals surface area contributed by atoms with Crippen LogP contribution in [0.25, 0.3) is 0 Å². The summed E-state index contributed by atoms with van der Waals surface area (Å²) >= 11 is 0. The minimum atomic E-state index is -0.706. The van der Waals surface area contributed by atoms with Crippen LogP contribution in [-0.4, -0.2) is 72.7 Å². The summed E-state index contributed by atoms with van der Waals surface area (Å²) in [5.74, 6) is -0.706. The molecule has 1 unspecified atom stereocenters. The van der Waals surface area contributed by atoms with E-state index in [4.69, 9.17) is 0 Å². The van der Waals surface area contributed by atoms with Crippen LogP contribution in [0.5, 0.6) is 0 Å². The van der Waals surface area contributed by atoms with Crippen LogP contribution >= 0.6 is 0 Å². The minimum absolute atomic E-state index is 0.368. The summed E-state index contributed by atoms with van der Waals surface area (Å²) in [5, 5.41) is 12.5. The van der Waals surface area contributed by atoms with Gasteiger partial charge in [-0.15, -0.1) is 0 Å². The maximum Gasteiger partial charge on any atom is 0.322 e. The molecule has 0 bridgehead atoms. The van der Waals surface area contributed by atoms with E-state index in [1.807, 2.05) is 18.7 Å². The van der Waals surface area contributed by atoms with Gasteiger partial charge in [0.2, 0.25) is 0 Å². The molecule has 16 heavy (non-hydrogen) atoms. The van der Waals surface area contributed by atoms with E-state index in [0.29, 0.717) is 6.54 Å². The van der Waals surface area contributed by atoms with Crippen LogP contribution < -0.4 is 5.32 Å². The first-order valence-electron chi connectivity index (χ1n) is 6.09. The number of carbonyl (C=O) groups is 1. The fourth-order valence-corrected chi connectivity index (χ4v) is 2.15. The molecular weight excluding hydrogens is 206 g/mol. The Bertz CT molecular complexity index is 213. The van der Waals surface area contributed by atoms with E-state index in [9.17, 15) is 9.90 Å². The lowest BCUT2D eigenvalue weighted by molar-refractivity contribution is -0.144. The number of nitrogens with one attached hydrogen (secondary N) is 1. The van der Waals surface area contributed by atoms with Crippen LogP contribution in [0.15, 0.2) is 0 Å². The van der Waals surface area contributed by atoms with Gasteiger partial charge in [0, 0.05) is 32.7 Å². The van der Waals surface area contributed by atoms with Gasteiger partial charge in [0.15, 0.2) is 0 Å². The lowest BCUT2D eigenvalue weighted by atomic mass is 10.2. The molecule has 1 aliphatic heterocycles. The molecule has 2 N–H and O–H groups in total. The molecule has 0 aromatic rings. The maximum absolute atomic E-state index is 11.2. The van der Waals surface area contributed by atoms with Crippen molar-refractivity contribution in [1.29, 1.82) is 0 Å². The maximum atomic E-state index is 11.2. The number of carboxylic acid groups (broad SMARTS) is 1. The quantitative estimate of drug-likeness (QED) is 0.654. The monoisotopic (exact) mass is 229 g/mol. The normalized spacial score (nSPS) is 19.9. The van der Waals surface area contributed by atoms with Gasteiger partial charge in [-0.3, -0.25) is 14.6 Å². The highest BCUT2D eigenvalue weighted by molar-refractivity contribution is 5.73. The molecular formula is C11H23N3O2. The van der Waals surface area contributed by atoms with E-state index in [1.54, 1.807) is 0 Å². The van der Waals surface area contributed by atoms with Crippen LogP contribution in [0.3, 0.4) is 0 Å². The van der Waals surface area contributed by atoms with Gasteiger partial charge in [-0.25, -0.2) is 0 Å². The highest BCUT2D eigenvalue weighted by Gasteiger charge is 2.26. The third-order valence-electron chi connectivity index (χ3n) is 3.18.